The molecule has 0 radical (unpaired) electrons. The molecular weight excluding hydrogens is 715 g/mol. The monoisotopic (exact) mass is 736 g/mol. The average Bonchev–Trinajstić information content (AvgIpc) is 3.09. The fourth-order valence-electron chi connectivity index (χ4n) is 6.83. The highest BCUT2D eigenvalue weighted by Gasteiger charge is 2.63. The van der Waals surface area contributed by atoms with E-state index >= 15 is 52.7 Å². The van der Waals surface area contributed by atoms with Crippen LogP contribution in [0.25, 0.3) is 0 Å². The third-order valence-corrected chi connectivity index (χ3v) is 25.8. The van der Waals surface area contributed by atoms with Crippen molar-refractivity contribution in [2.75, 3.05) is 0 Å². The third kappa shape index (κ3) is 5.14. The summed E-state index contributed by atoms with van der Waals surface area (Å²) >= 11 is 0. The summed E-state index contributed by atoms with van der Waals surface area (Å²) in [4.78, 5) is 0. The van der Waals surface area contributed by atoms with Gasteiger partial charge in [0.2, 0.25) is 0 Å². The van der Waals surface area contributed by atoms with Crippen molar-refractivity contribution in [1.29, 1.82) is 0 Å². The second-order valence-corrected chi connectivity index (χ2v) is 22.7. The van der Waals surface area contributed by atoms with Gasteiger partial charge in [0.15, 0.2) is 60.1 Å². The van der Waals surface area contributed by atoms with E-state index in [2.05, 4.69) is 0 Å². The number of hydrogen-bond acceptors (Lipinski definition) is 0. The van der Waals surface area contributed by atoms with Gasteiger partial charge in [0.25, 0.3) is 5.87 Å². The summed E-state index contributed by atoms with van der Waals surface area (Å²) in [5.74, 6) is -50.0. The van der Waals surface area contributed by atoms with Gasteiger partial charge in [-0.25, -0.2) is 65.9 Å². The maximum Gasteiger partial charge on any atom is 0.254 e. The minimum Gasteiger partial charge on any atom is -0.207 e. The zero-order valence-corrected chi connectivity index (χ0v) is 26.8. The summed E-state index contributed by atoms with van der Waals surface area (Å²) in [5.41, 5.74) is -7.53. The molecule has 1 atom stereocenters. The van der Waals surface area contributed by atoms with E-state index < -0.39 is 125 Å². The van der Waals surface area contributed by atoms with Gasteiger partial charge in [0.05, 0.1) is 0 Å². The molecule has 0 aliphatic carbocycles. The van der Waals surface area contributed by atoms with Crippen LogP contribution in [0.2, 0.25) is 18.1 Å². The molecule has 18 heteroatoms. The van der Waals surface area contributed by atoms with Gasteiger partial charge in [0.1, 0.15) is 34.9 Å². The van der Waals surface area contributed by atoms with Crippen LogP contribution >= 0.6 is 7.35 Å². The van der Waals surface area contributed by atoms with E-state index in [1.807, 2.05) is 0 Å². The fourth-order valence-corrected chi connectivity index (χ4v) is 23.5. The molecule has 0 spiro atoms. The van der Waals surface area contributed by atoms with Crippen molar-refractivity contribution in [2.45, 2.75) is 38.9 Å². The van der Waals surface area contributed by atoms with Crippen LogP contribution in [0.5, 0.6) is 0 Å². The minimum absolute atomic E-state index is 0.202. The quantitative estimate of drug-likeness (QED) is 0.0534. The van der Waals surface area contributed by atoms with Crippen LogP contribution in [-0.2, 0) is 0 Å². The topological polar surface area (TPSA) is 0 Å². The van der Waals surface area contributed by atoms with Crippen LogP contribution in [0.4, 0.5) is 65.9 Å². The van der Waals surface area contributed by atoms with Crippen molar-refractivity contribution in [3.8, 4) is 0 Å². The lowest BCUT2D eigenvalue weighted by Crippen LogP contribution is -2.75. The molecule has 48 heavy (non-hydrogen) atoms. The molecule has 0 fully saturated rings. The number of benzene rings is 4. The van der Waals surface area contributed by atoms with Gasteiger partial charge in [-0.1, -0.05) is 55.4 Å². The van der Waals surface area contributed by atoms with Crippen molar-refractivity contribution in [3.05, 3.63) is 118 Å². The number of halogens is 15. The molecule has 4 aromatic carbocycles. The van der Waals surface area contributed by atoms with E-state index in [-0.39, 0.29) is 23.4 Å². The first-order chi connectivity index (χ1) is 22.4. The minimum atomic E-state index is -5.63. The van der Waals surface area contributed by atoms with E-state index in [0.717, 1.165) is 24.3 Å². The van der Waals surface area contributed by atoms with Crippen molar-refractivity contribution >= 4 is 42.6 Å². The lowest BCUT2D eigenvalue weighted by molar-refractivity contribution is 0.380. The Morgan fingerprint density at radius 3 is 0.854 bits per heavy atom. The molecule has 0 aromatic heterocycles. The second-order valence-electron chi connectivity index (χ2n) is 10.9. The molecule has 0 heterocycles. The Kier molecular flexibility index (Phi) is 10.5. The van der Waals surface area contributed by atoms with Gasteiger partial charge in [-0.2, -0.15) is 0 Å². The molecule has 0 saturated heterocycles. The van der Waals surface area contributed by atoms with Crippen molar-refractivity contribution in [3.63, 3.8) is 0 Å². The molecule has 0 aliphatic rings. The molecule has 0 N–H and O–H groups in total. The number of rotatable bonds is 9. The van der Waals surface area contributed by atoms with Crippen LogP contribution in [0.15, 0.2) is 30.3 Å². The molecule has 0 saturated carbocycles. The van der Waals surface area contributed by atoms with E-state index in [1.54, 1.807) is 0 Å². The van der Waals surface area contributed by atoms with Gasteiger partial charge in [-0.3, -0.25) is 0 Å². The second kappa shape index (κ2) is 13.5. The van der Waals surface area contributed by atoms with Crippen LogP contribution in [-0.4, -0.2) is 13.6 Å². The summed E-state index contributed by atoms with van der Waals surface area (Å²) in [6.07, 6.45) is 0. The maximum absolute atomic E-state index is 16.2. The molecule has 4 aromatic rings. The van der Waals surface area contributed by atoms with E-state index in [4.69, 9.17) is 0 Å². The molecule has 0 bridgehead atoms. The predicted octanol–water partition coefficient (Wildman–Crippen LogP) is 8.28. The molecule has 0 amide bonds. The van der Waals surface area contributed by atoms with Gasteiger partial charge >= 0.3 is 0 Å². The van der Waals surface area contributed by atoms with Gasteiger partial charge < -0.3 is 0 Å². The molecular formula is C30H21BF15PSi. The predicted molar refractivity (Wildman–Crippen MR) is 155 cm³/mol. The van der Waals surface area contributed by atoms with Gasteiger partial charge in [-0.05, 0) is 30.3 Å². The Morgan fingerprint density at radius 2 is 0.625 bits per heavy atom. The fraction of sp³-hybridized carbons (Fsp3) is 0.200. The standard InChI is InChI=1S/C30H21BF15PSi/c1-4-48(5-2,6-3)47(12-10-8-7-9-11-12)31(13-16(32)22(38)28(44)23(39)17(13)33,14-18(34)24(40)29(45)25(41)19(14)35)15-20(36)26(42)30(46)27(43)21(15)37/h7-11,47H,4-6H2,1-3H3. The molecule has 1 unspecified atom stereocenters. The third-order valence-electron chi connectivity index (χ3n) is 9.15. The Balaban J connectivity index is 2.67. The lowest BCUT2D eigenvalue weighted by atomic mass is 9.33. The highest BCUT2D eigenvalue weighted by atomic mass is 31.4. The molecule has 0 aliphatic heterocycles. The zero-order valence-electron chi connectivity index (χ0n) is 24.8. The largest absolute Gasteiger partial charge is 0.254 e. The maximum atomic E-state index is 16.2. The van der Waals surface area contributed by atoms with Crippen molar-refractivity contribution < 1.29 is 65.9 Å². The van der Waals surface area contributed by atoms with Gasteiger partial charge in [0, 0.05) is 5.30 Å². The summed E-state index contributed by atoms with van der Waals surface area (Å²) < 4.78 is 232. The Bertz CT molecular complexity index is 1650. The Labute approximate surface area is 265 Å². The Hall–Kier alpha value is -3.46. The van der Waals surface area contributed by atoms with E-state index in [9.17, 15) is 13.2 Å². The molecule has 258 valence electrons. The molecule has 4 rings (SSSR count). The highest BCUT2D eigenvalue weighted by molar-refractivity contribution is 8.26. The first kappa shape index (κ1) is 37.4. The van der Waals surface area contributed by atoms with Crippen molar-refractivity contribution in [1.82, 2.24) is 0 Å². The zero-order chi connectivity index (χ0) is 36.2. The highest BCUT2D eigenvalue weighted by Crippen LogP contribution is 2.59. The van der Waals surface area contributed by atoms with E-state index in [0.29, 0.717) is 0 Å². The van der Waals surface area contributed by atoms with Crippen LogP contribution in [0, 0.1) is 87.3 Å². The summed E-state index contributed by atoms with van der Waals surface area (Å²) in [5, 5.41) is -0.364. The first-order valence-corrected chi connectivity index (χ1v) is 19.3. The van der Waals surface area contributed by atoms with Crippen LogP contribution in [0.3, 0.4) is 0 Å². The van der Waals surface area contributed by atoms with Crippen LogP contribution in [0.1, 0.15) is 20.8 Å². The normalized spacial score (nSPS) is 13.0. The Morgan fingerprint density at radius 1 is 0.396 bits per heavy atom. The van der Waals surface area contributed by atoms with Gasteiger partial charge in [-0.15, -0.1) is 7.35 Å². The molecule has 0 nitrogen and oxygen atoms in total. The van der Waals surface area contributed by atoms with Crippen molar-refractivity contribution in [2.24, 2.45) is 0 Å². The van der Waals surface area contributed by atoms with E-state index in [1.165, 1.54) is 26.8 Å². The lowest BCUT2D eigenvalue weighted by Gasteiger charge is -2.50. The first-order valence-electron chi connectivity index (χ1n) is 14.1. The summed E-state index contributed by atoms with van der Waals surface area (Å²) in [7, 11) is -8.04. The average molecular weight is 736 g/mol. The summed E-state index contributed by atoms with van der Waals surface area (Å²) in [6.45, 7) is 4.13. The smallest absolute Gasteiger partial charge is 0.207 e. The van der Waals surface area contributed by atoms with Crippen LogP contribution < -0.4 is 21.7 Å². The summed E-state index contributed by atoms with van der Waals surface area (Å²) in [6, 6.07) is 5.09. The SMILES string of the molecule is CC[Si](CC)(CC)[PH+](c1ccccc1)[B-](c1c(F)c(F)c(F)c(F)c1F)(c1c(F)c(F)c(F)c(F)c1F)c1c(F)c(F)c(F)c(F)c1F. The number of hydrogen-bond donors (Lipinski definition) is 0.